The van der Waals surface area contributed by atoms with Crippen LogP contribution in [-0.4, -0.2) is 65.7 Å². The lowest BCUT2D eigenvalue weighted by Gasteiger charge is -2.48. The van der Waals surface area contributed by atoms with E-state index < -0.39 is 46.7 Å². The number of rotatable bonds is 1. The highest BCUT2D eigenvalue weighted by atomic mass is 16.6. The summed E-state index contributed by atoms with van der Waals surface area (Å²) in [5.74, 6) is -11.3. The molecule has 0 aromatic heterocycles. The fraction of sp³-hybridized carbons (Fsp3) is 0.308. The van der Waals surface area contributed by atoms with Crippen molar-refractivity contribution in [1.29, 1.82) is 0 Å². The van der Waals surface area contributed by atoms with Gasteiger partial charge >= 0.3 is 0 Å². The smallest absolute Gasteiger partial charge is 0.291 e. The highest BCUT2D eigenvalue weighted by molar-refractivity contribution is 6.09. The van der Waals surface area contributed by atoms with Crippen LogP contribution in [0.5, 0.6) is 0 Å². The Kier molecular flexibility index (Phi) is 3.25. The van der Waals surface area contributed by atoms with Gasteiger partial charge in [-0.05, 0) is 12.1 Å². The van der Waals surface area contributed by atoms with Gasteiger partial charge in [-0.25, -0.2) is 0 Å². The molecule has 1 aromatic rings. The lowest BCUT2D eigenvalue weighted by molar-refractivity contribution is -0.313. The fourth-order valence-electron chi connectivity index (χ4n) is 2.97. The van der Waals surface area contributed by atoms with E-state index in [0.717, 1.165) is 0 Å². The number of nitrogens with two attached hydrogens (primary N) is 2. The molecular weight excluding hydrogens is 340 g/mol. The van der Waals surface area contributed by atoms with Crippen molar-refractivity contribution in [2.75, 3.05) is 5.73 Å². The predicted molar refractivity (Wildman–Crippen MR) is 76.4 cm³/mol. The van der Waals surface area contributed by atoms with Crippen molar-refractivity contribution in [3.8, 4) is 0 Å². The lowest BCUT2D eigenvalue weighted by Crippen LogP contribution is -2.83. The topological polar surface area (TPSA) is 220 Å². The number of nitrogen functional groups attached to an aromatic ring is 1. The Hall–Kier alpha value is -2.61. The van der Waals surface area contributed by atoms with E-state index in [1.54, 1.807) is 0 Å². The number of hydrogen-bond donors (Lipinski definition) is 8. The fourth-order valence-corrected chi connectivity index (χ4v) is 2.97. The van der Waals surface area contributed by atoms with Crippen molar-refractivity contribution in [3.63, 3.8) is 0 Å². The number of nitrogens with zero attached hydrogens (tertiary/aromatic N) is 1. The molecular formula is C13H14N4O8. The van der Waals surface area contributed by atoms with Gasteiger partial charge < -0.3 is 31.3 Å². The molecule has 0 aliphatic carbocycles. The molecule has 2 heterocycles. The summed E-state index contributed by atoms with van der Waals surface area (Å²) < 4.78 is 0. The van der Waals surface area contributed by atoms with Crippen LogP contribution in [0.2, 0.25) is 0 Å². The highest BCUT2D eigenvalue weighted by Gasteiger charge is 2.69. The molecule has 3 rings (SSSR count). The Morgan fingerprint density at radius 1 is 1.08 bits per heavy atom. The van der Waals surface area contributed by atoms with E-state index >= 15 is 0 Å². The first kappa shape index (κ1) is 17.2. The molecule has 0 radical (unpaired) electrons. The van der Waals surface area contributed by atoms with Crippen LogP contribution in [-0.2, 0) is 15.5 Å². The molecule has 1 aromatic carbocycles. The maximum absolute atomic E-state index is 12.5. The quantitative estimate of drug-likeness (QED) is 0.136. The van der Waals surface area contributed by atoms with Crippen LogP contribution in [0, 0.1) is 0 Å². The van der Waals surface area contributed by atoms with Gasteiger partial charge in [0.05, 0.1) is 11.1 Å². The highest BCUT2D eigenvalue weighted by Crippen LogP contribution is 2.43. The van der Waals surface area contributed by atoms with Crippen molar-refractivity contribution < 1.29 is 39.9 Å². The second-order valence-corrected chi connectivity index (χ2v) is 5.80. The molecule has 2 aliphatic rings. The first-order chi connectivity index (χ1) is 11.3. The Balaban J connectivity index is 2.20. The van der Waals surface area contributed by atoms with Crippen LogP contribution in [0.4, 0.5) is 5.69 Å². The Morgan fingerprint density at radius 2 is 1.68 bits per heavy atom. The summed E-state index contributed by atoms with van der Waals surface area (Å²) in [6.45, 7) is 0. The number of anilines is 1. The minimum Gasteiger partial charge on any atom is -0.398 e. The van der Waals surface area contributed by atoms with Gasteiger partial charge in [0, 0.05) is 5.69 Å². The first-order valence-electron chi connectivity index (χ1n) is 6.83. The van der Waals surface area contributed by atoms with E-state index in [4.69, 9.17) is 11.5 Å². The molecule has 25 heavy (non-hydrogen) atoms. The Bertz CT molecular complexity index is 818. The van der Waals surface area contributed by atoms with E-state index in [0.29, 0.717) is 0 Å². The molecule has 12 heteroatoms. The number of hydrogen-bond acceptors (Lipinski definition) is 10. The van der Waals surface area contributed by atoms with Crippen molar-refractivity contribution >= 4 is 23.4 Å². The van der Waals surface area contributed by atoms with Crippen LogP contribution >= 0.6 is 0 Å². The number of amides is 3. The normalized spacial score (nSPS) is 30.2. The van der Waals surface area contributed by atoms with Crippen molar-refractivity contribution in [1.82, 2.24) is 10.2 Å². The number of nitrogens with one attached hydrogen (secondary N) is 1. The zero-order valence-electron chi connectivity index (χ0n) is 12.4. The van der Waals surface area contributed by atoms with Crippen LogP contribution in [0.3, 0.4) is 0 Å². The molecule has 1 fully saturated rings. The maximum Gasteiger partial charge on any atom is 0.291 e. The average Bonchev–Trinajstić information content (AvgIpc) is 2.67. The summed E-state index contributed by atoms with van der Waals surface area (Å²) in [5.41, 5.74) is 6.50. The SMILES string of the molecule is Nc1cccc2c1C(O)(O)N(C1C(=O)NC(=O)C(O)(O)C1(N)O)C2=O. The van der Waals surface area contributed by atoms with Crippen LogP contribution < -0.4 is 16.8 Å². The molecule has 3 amide bonds. The molecule has 0 spiro atoms. The van der Waals surface area contributed by atoms with Crippen molar-refractivity contribution in [3.05, 3.63) is 29.3 Å². The number of aliphatic hydroxyl groups is 5. The third kappa shape index (κ3) is 1.94. The van der Waals surface area contributed by atoms with Crippen molar-refractivity contribution in [2.24, 2.45) is 5.73 Å². The van der Waals surface area contributed by atoms with Gasteiger partial charge in [0.1, 0.15) is 0 Å². The monoisotopic (exact) mass is 354 g/mol. The molecule has 10 N–H and O–H groups in total. The molecule has 1 saturated heterocycles. The Morgan fingerprint density at radius 3 is 2.24 bits per heavy atom. The van der Waals surface area contributed by atoms with Crippen LogP contribution in [0.25, 0.3) is 0 Å². The minimum absolute atomic E-state index is 0.0109. The third-order valence-electron chi connectivity index (χ3n) is 4.25. The molecule has 12 nitrogen and oxygen atoms in total. The number of piperidine rings is 1. The summed E-state index contributed by atoms with van der Waals surface area (Å²) in [7, 11) is 0. The second kappa shape index (κ2) is 4.72. The third-order valence-corrected chi connectivity index (χ3v) is 4.25. The predicted octanol–water partition coefficient (Wildman–Crippen LogP) is -4.83. The maximum atomic E-state index is 12.5. The number of carbonyl (C=O) groups excluding carboxylic acids is 3. The van der Waals surface area contributed by atoms with Gasteiger partial charge in [-0.1, -0.05) is 6.07 Å². The van der Waals surface area contributed by atoms with E-state index in [9.17, 15) is 39.9 Å². The summed E-state index contributed by atoms with van der Waals surface area (Å²) in [5, 5.41) is 51.9. The Labute approximate surface area is 138 Å². The number of imide groups is 1. The van der Waals surface area contributed by atoms with E-state index in [1.165, 1.54) is 23.5 Å². The van der Waals surface area contributed by atoms with Gasteiger partial charge in [-0.3, -0.25) is 30.3 Å². The lowest BCUT2D eigenvalue weighted by atomic mass is 9.88. The van der Waals surface area contributed by atoms with E-state index in [2.05, 4.69) is 0 Å². The summed E-state index contributed by atoms with van der Waals surface area (Å²) in [6, 6.07) is 1.29. The standard InChI is InChI=1S/C13H14N4O8/c14-5-3-1-2-4-6(5)13(24,25)17(9(4)19)7-8(18)16-10(20)12(22,23)11(7,15)21/h1-3,7,21-25H,14-15H2,(H,16,18,20). The average molecular weight is 354 g/mol. The summed E-state index contributed by atoms with van der Waals surface area (Å²) >= 11 is 0. The van der Waals surface area contributed by atoms with Gasteiger partial charge in [0.2, 0.25) is 5.72 Å². The van der Waals surface area contributed by atoms with E-state index in [-0.39, 0.29) is 16.2 Å². The van der Waals surface area contributed by atoms with Crippen LogP contribution in [0.1, 0.15) is 15.9 Å². The van der Waals surface area contributed by atoms with Gasteiger partial charge in [-0.15, -0.1) is 0 Å². The first-order valence-corrected chi connectivity index (χ1v) is 6.83. The second-order valence-electron chi connectivity index (χ2n) is 5.80. The number of benzene rings is 1. The van der Waals surface area contributed by atoms with Crippen LogP contribution in [0.15, 0.2) is 18.2 Å². The molecule has 2 aliphatic heterocycles. The van der Waals surface area contributed by atoms with E-state index in [1.807, 2.05) is 0 Å². The summed E-state index contributed by atoms with van der Waals surface area (Å²) in [4.78, 5) is 36.2. The van der Waals surface area contributed by atoms with Gasteiger partial charge in [0.25, 0.3) is 29.4 Å². The molecule has 134 valence electrons. The number of carbonyl (C=O) groups is 3. The van der Waals surface area contributed by atoms with Gasteiger partial charge in [-0.2, -0.15) is 0 Å². The zero-order chi connectivity index (χ0) is 18.9. The molecule has 0 bridgehead atoms. The minimum atomic E-state index is -3.71. The van der Waals surface area contributed by atoms with Crippen molar-refractivity contribution in [2.45, 2.75) is 23.5 Å². The molecule has 2 unspecified atom stereocenters. The largest absolute Gasteiger partial charge is 0.398 e. The summed E-state index contributed by atoms with van der Waals surface area (Å²) in [6.07, 6.45) is 0. The number of fused-ring (bicyclic) bond motifs is 1. The zero-order valence-corrected chi connectivity index (χ0v) is 12.4. The molecule has 2 atom stereocenters. The van der Waals surface area contributed by atoms with Gasteiger partial charge in [0.15, 0.2) is 6.04 Å². The molecule has 0 saturated carbocycles.